The van der Waals surface area contributed by atoms with Gasteiger partial charge in [-0.1, -0.05) is 50.6 Å². The summed E-state index contributed by atoms with van der Waals surface area (Å²) in [5.41, 5.74) is 3.27. The van der Waals surface area contributed by atoms with Crippen molar-refractivity contribution >= 4 is 13.2 Å². The second-order valence-electron chi connectivity index (χ2n) is 6.69. The SMILES string of the molecule is Cc1ccc(NP(C)(=O)Oc2ccc(C(C)(C)C)cc2)cc1. The number of benzene rings is 2. The zero-order valence-electron chi connectivity index (χ0n) is 13.9. The van der Waals surface area contributed by atoms with Gasteiger partial charge in [0.1, 0.15) is 5.75 Å². The third-order valence-electron chi connectivity index (χ3n) is 3.38. The van der Waals surface area contributed by atoms with E-state index in [2.05, 4.69) is 25.9 Å². The minimum atomic E-state index is -2.96. The van der Waals surface area contributed by atoms with Gasteiger partial charge in [-0.15, -0.1) is 0 Å². The fourth-order valence-electron chi connectivity index (χ4n) is 2.10. The Balaban J connectivity index is 2.08. The molecule has 0 saturated heterocycles. The number of hydrogen-bond donors (Lipinski definition) is 1. The summed E-state index contributed by atoms with van der Waals surface area (Å²) < 4.78 is 18.2. The number of rotatable bonds is 4. The van der Waals surface area contributed by atoms with Crippen LogP contribution in [0.25, 0.3) is 0 Å². The molecule has 0 aromatic heterocycles. The molecule has 1 atom stereocenters. The first-order chi connectivity index (χ1) is 10.2. The summed E-state index contributed by atoms with van der Waals surface area (Å²) in [4.78, 5) is 0. The van der Waals surface area contributed by atoms with Gasteiger partial charge < -0.3 is 9.61 Å². The molecular weight excluding hydrogens is 293 g/mol. The molecule has 0 aliphatic heterocycles. The second kappa shape index (κ2) is 6.18. The largest absolute Gasteiger partial charge is 0.429 e. The first kappa shape index (κ1) is 16.6. The van der Waals surface area contributed by atoms with Crippen molar-refractivity contribution in [2.75, 3.05) is 11.8 Å². The van der Waals surface area contributed by atoms with E-state index in [1.807, 2.05) is 55.5 Å². The highest BCUT2D eigenvalue weighted by molar-refractivity contribution is 7.60. The first-order valence-corrected chi connectivity index (χ1v) is 9.45. The predicted molar refractivity (Wildman–Crippen MR) is 94.1 cm³/mol. The zero-order chi connectivity index (χ0) is 16.4. The average molecular weight is 317 g/mol. The lowest BCUT2D eigenvalue weighted by molar-refractivity contribution is 0.493. The van der Waals surface area contributed by atoms with Crippen molar-refractivity contribution in [1.82, 2.24) is 0 Å². The summed E-state index contributed by atoms with van der Waals surface area (Å²) in [5.74, 6) is 0.610. The van der Waals surface area contributed by atoms with Crippen LogP contribution < -0.4 is 9.61 Å². The van der Waals surface area contributed by atoms with Gasteiger partial charge in [0.15, 0.2) is 0 Å². The lowest BCUT2D eigenvalue weighted by atomic mass is 9.87. The summed E-state index contributed by atoms with van der Waals surface area (Å²) in [7, 11) is -2.96. The van der Waals surface area contributed by atoms with Crippen molar-refractivity contribution in [1.29, 1.82) is 0 Å². The van der Waals surface area contributed by atoms with Gasteiger partial charge in [0.2, 0.25) is 0 Å². The zero-order valence-corrected chi connectivity index (χ0v) is 14.8. The third-order valence-corrected chi connectivity index (χ3v) is 4.61. The van der Waals surface area contributed by atoms with Gasteiger partial charge in [-0.05, 0) is 42.2 Å². The van der Waals surface area contributed by atoms with Crippen LogP contribution in [0.2, 0.25) is 0 Å². The van der Waals surface area contributed by atoms with Crippen LogP contribution in [0.1, 0.15) is 31.9 Å². The second-order valence-corrected chi connectivity index (χ2v) is 8.79. The van der Waals surface area contributed by atoms with Crippen molar-refractivity contribution < 1.29 is 9.09 Å². The van der Waals surface area contributed by atoms with Gasteiger partial charge in [-0.2, -0.15) is 0 Å². The topological polar surface area (TPSA) is 38.3 Å². The van der Waals surface area contributed by atoms with Crippen LogP contribution in [-0.2, 0) is 9.98 Å². The Hall–Kier alpha value is -1.73. The normalized spacial score (nSPS) is 14.2. The lowest BCUT2D eigenvalue weighted by Crippen LogP contribution is -2.10. The molecule has 3 nitrogen and oxygen atoms in total. The summed E-state index contributed by atoms with van der Waals surface area (Å²) in [6.45, 7) is 10.1. The Kier molecular flexibility index (Phi) is 4.67. The van der Waals surface area contributed by atoms with Crippen molar-refractivity contribution in [2.24, 2.45) is 0 Å². The summed E-state index contributed by atoms with van der Waals surface area (Å²) in [6.07, 6.45) is 0. The molecule has 2 aromatic rings. The molecule has 0 saturated carbocycles. The minimum absolute atomic E-state index is 0.0919. The van der Waals surface area contributed by atoms with E-state index < -0.39 is 7.52 Å². The lowest BCUT2D eigenvalue weighted by Gasteiger charge is -2.21. The van der Waals surface area contributed by atoms with Gasteiger partial charge in [-0.3, -0.25) is 4.57 Å². The van der Waals surface area contributed by atoms with Gasteiger partial charge in [0, 0.05) is 12.4 Å². The molecule has 0 fully saturated rings. The van der Waals surface area contributed by atoms with Crippen LogP contribution in [-0.4, -0.2) is 6.66 Å². The number of hydrogen-bond acceptors (Lipinski definition) is 2. The standard InChI is InChI=1S/C18H24NO2P/c1-14-6-10-16(11-7-14)19-22(5,20)21-17-12-8-15(9-13-17)18(2,3)4/h6-13H,1-5H3,(H,19,20). The van der Waals surface area contributed by atoms with Crippen molar-refractivity contribution in [3.8, 4) is 5.75 Å². The smallest absolute Gasteiger partial charge is 0.338 e. The first-order valence-electron chi connectivity index (χ1n) is 7.38. The summed E-state index contributed by atoms with van der Waals surface area (Å²) in [5, 5.41) is 2.97. The molecule has 4 heteroatoms. The van der Waals surface area contributed by atoms with Gasteiger partial charge in [-0.25, -0.2) is 0 Å². The maximum Gasteiger partial charge on any atom is 0.338 e. The maximum atomic E-state index is 12.6. The maximum absolute atomic E-state index is 12.6. The van der Waals surface area contributed by atoms with Crippen LogP contribution in [0.5, 0.6) is 5.75 Å². The molecule has 22 heavy (non-hydrogen) atoms. The Morgan fingerprint density at radius 2 is 1.50 bits per heavy atom. The highest BCUT2D eigenvalue weighted by Crippen LogP contribution is 2.43. The van der Waals surface area contributed by atoms with Gasteiger partial charge in [0.25, 0.3) is 0 Å². The van der Waals surface area contributed by atoms with Gasteiger partial charge in [0.05, 0.1) is 0 Å². The van der Waals surface area contributed by atoms with E-state index >= 15 is 0 Å². The van der Waals surface area contributed by atoms with E-state index in [9.17, 15) is 4.57 Å². The molecule has 0 radical (unpaired) electrons. The highest BCUT2D eigenvalue weighted by atomic mass is 31.2. The van der Waals surface area contributed by atoms with Crippen LogP contribution >= 0.6 is 7.52 Å². The van der Waals surface area contributed by atoms with Gasteiger partial charge >= 0.3 is 7.52 Å². The summed E-state index contributed by atoms with van der Waals surface area (Å²) >= 11 is 0. The van der Waals surface area contributed by atoms with Crippen LogP contribution in [0.15, 0.2) is 48.5 Å². The Morgan fingerprint density at radius 3 is 2.00 bits per heavy atom. The molecule has 0 bridgehead atoms. The molecule has 0 spiro atoms. The molecule has 0 heterocycles. The van der Waals surface area contributed by atoms with E-state index in [-0.39, 0.29) is 5.41 Å². The molecule has 118 valence electrons. The molecule has 1 N–H and O–H groups in total. The quantitative estimate of drug-likeness (QED) is 0.745. The van der Waals surface area contributed by atoms with E-state index in [1.54, 1.807) is 6.66 Å². The monoisotopic (exact) mass is 317 g/mol. The van der Waals surface area contributed by atoms with Crippen molar-refractivity contribution in [2.45, 2.75) is 33.1 Å². The van der Waals surface area contributed by atoms with Crippen LogP contribution in [0.4, 0.5) is 5.69 Å². The van der Waals surface area contributed by atoms with Crippen LogP contribution in [0.3, 0.4) is 0 Å². The van der Waals surface area contributed by atoms with E-state index in [4.69, 9.17) is 4.52 Å². The molecule has 1 unspecified atom stereocenters. The predicted octanol–water partition coefficient (Wildman–Crippen LogP) is 5.61. The fraction of sp³-hybridized carbons (Fsp3) is 0.333. The molecule has 0 amide bonds. The fourth-order valence-corrected chi connectivity index (χ4v) is 3.29. The van der Waals surface area contributed by atoms with E-state index in [0.29, 0.717) is 5.75 Å². The number of anilines is 1. The average Bonchev–Trinajstić information content (AvgIpc) is 2.40. The summed E-state index contributed by atoms with van der Waals surface area (Å²) in [6, 6.07) is 15.5. The number of aryl methyl sites for hydroxylation is 1. The van der Waals surface area contributed by atoms with Crippen molar-refractivity contribution in [3.63, 3.8) is 0 Å². The Morgan fingerprint density at radius 1 is 0.955 bits per heavy atom. The minimum Gasteiger partial charge on any atom is -0.429 e. The van der Waals surface area contributed by atoms with Crippen molar-refractivity contribution in [3.05, 3.63) is 59.7 Å². The molecule has 0 aliphatic rings. The van der Waals surface area contributed by atoms with Crippen LogP contribution in [0, 0.1) is 6.92 Å². The third kappa shape index (κ3) is 4.64. The van der Waals surface area contributed by atoms with E-state index in [1.165, 1.54) is 5.56 Å². The Bertz CT molecular complexity index is 670. The number of nitrogens with one attached hydrogen (secondary N) is 1. The Labute approximate surface area is 133 Å². The molecular formula is C18H24NO2P. The molecule has 2 aromatic carbocycles. The molecule has 2 rings (SSSR count). The van der Waals surface area contributed by atoms with E-state index in [0.717, 1.165) is 11.3 Å². The molecule has 0 aliphatic carbocycles. The highest BCUT2D eigenvalue weighted by Gasteiger charge is 2.18.